The van der Waals surface area contributed by atoms with E-state index in [-0.39, 0.29) is 11.9 Å². The maximum absolute atomic E-state index is 12.9. The highest BCUT2D eigenvalue weighted by atomic mass is 32.2. The molecule has 1 saturated heterocycles. The summed E-state index contributed by atoms with van der Waals surface area (Å²) in [5, 5.41) is 1.86. The van der Waals surface area contributed by atoms with Gasteiger partial charge in [0.05, 0.1) is 17.1 Å². The fraction of sp³-hybridized carbons (Fsp3) is 0.353. The second-order valence-electron chi connectivity index (χ2n) is 5.88. The molecule has 1 atom stereocenters. The van der Waals surface area contributed by atoms with Gasteiger partial charge in [0, 0.05) is 19.0 Å². The molecule has 1 unspecified atom stereocenters. The van der Waals surface area contributed by atoms with Crippen molar-refractivity contribution in [1.82, 2.24) is 19.4 Å². The largest absolute Gasteiger partial charge is 0.329 e. The van der Waals surface area contributed by atoms with Crippen LogP contribution < -0.4 is 0 Å². The number of para-hydroxylation sites is 2. The van der Waals surface area contributed by atoms with E-state index < -0.39 is 0 Å². The first-order valence-electron chi connectivity index (χ1n) is 7.91. The Bertz CT molecular complexity index is 901. The topological polar surface area (TPSA) is 51.0 Å². The van der Waals surface area contributed by atoms with Gasteiger partial charge in [0.15, 0.2) is 0 Å². The molecule has 0 radical (unpaired) electrons. The van der Waals surface area contributed by atoms with E-state index >= 15 is 0 Å². The van der Waals surface area contributed by atoms with Crippen LogP contribution in [-0.4, -0.2) is 38.1 Å². The van der Waals surface area contributed by atoms with E-state index in [1.54, 1.807) is 11.8 Å². The van der Waals surface area contributed by atoms with Crippen LogP contribution in [0.25, 0.3) is 11.0 Å². The average molecular weight is 358 g/mol. The Labute approximate surface area is 148 Å². The number of likely N-dealkylation sites (tertiary alicyclic amines) is 1. The fourth-order valence-corrected chi connectivity index (χ4v) is 4.57. The zero-order valence-electron chi connectivity index (χ0n) is 13.6. The molecule has 1 amide bonds. The quantitative estimate of drug-likeness (QED) is 0.670. The number of fused-ring (bicyclic) bond motifs is 1. The normalized spacial score (nSPS) is 17.8. The molecule has 1 aromatic carbocycles. The third kappa shape index (κ3) is 2.52. The van der Waals surface area contributed by atoms with Gasteiger partial charge in [-0.3, -0.25) is 4.79 Å². The van der Waals surface area contributed by atoms with Crippen LogP contribution in [0.4, 0.5) is 0 Å². The van der Waals surface area contributed by atoms with Crippen LogP contribution in [0.15, 0.2) is 34.0 Å². The Morgan fingerprint density at radius 1 is 1.33 bits per heavy atom. The molecule has 0 spiro atoms. The van der Waals surface area contributed by atoms with Crippen molar-refractivity contribution in [3.8, 4) is 0 Å². The molecule has 3 aromatic rings. The molecule has 24 heavy (non-hydrogen) atoms. The molecule has 0 aliphatic carbocycles. The number of benzene rings is 1. The zero-order valence-corrected chi connectivity index (χ0v) is 15.2. The molecule has 3 heterocycles. The summed E-state index contributed by atoms with van der Waals surface area (Å²) in [6.07, 6.45) is 3.92. The Morgan fingerprint density at radius 2 is 2.17 bits per heavy atom. The smallest absolute Gasteiger partial charge is 0.273 e. The van der Waals surface area contributed by atoms with Crippen LogP contribution in [0.2, 0.25) is 0 Å². The van der Waals surface area contributed by atoms with E-state index in [0.29, 0.717) is 5.69 Å². The standard InChI is InChI=1S/C17H18N4OS2/c1-20-13-7-4-3-6-11(13)18-15(20)14-8-5-9-21(14)16(22)12-10-24-17(19-12)23-2/h3-4,6-7,10,14H,5,8-9H2,1-2H3. The first kappa shape index (κ1) is 15.7. The highest BCUT2D eigenvalue weighted by Gasteiger charge is 2.34. The third-order valence-electron chi connectivity index (χ3n) is 4.51. The Hall–Kier alpha value is -1.86. The summed E-state index contributed by atoms with van der Waals surface area (Å²) >= 11 is 3.10. The van der Waals surface area contributed by atoms with Crippen molar-refractivity contribution in [3.05, 3.63) is 41.2 Å². The molecule has 124 valence electrons. The number of carbonyl (C=O) groups is 1. The van der Waals surface area contributed by atoms with E-state index in [2.05, 4.69) is 15.6 Å². The van der Waals surface area contributed by atoms with Gasteiger partial charge in [-0.05, 0) is 31.2 Å². The number of hydrogen-bond donors (Lipinski definition) is 0. The van der Waals surface area contributed by atoms with Crippen molar-refractivity contribution in [2.45, 2.75) is 23.2 Å². The van der Waals surface area contributed by atoms with Crippen molar-refractivity contribution >= 4 is 40.0 Å². The van der Waals surface area contributed by atoms with E-state index in [1.165, 1.54) is 11.3 Å². The van der Waals surface area contributed by atoms with Gasteiger partial charge in [0.25, 0.3) is 5.91 Å². The molecule has 0 bridgehead atoms. The molecule has 0 saturated carbocycles. The summed E-state index contributed by atoms with van der Waals surface area (Å²) in [5.74, 6) is 0.975. The predicted molar refractivity (Wildman–Crippen MR) is 97.6 cm³/mol. The van der Waals surface area contributed by atoms with E-state index in [4.69, 9.17) is 4.98 Å². The van der Waals surface area contributed by atoms with Crippen molar-refractivity contribution < 1.29 is 4.79 Å². The molecule has 4 rings (SSSR count). The van der Waals surface area contributed by atoms with Crippen LogP contribution in [-0.2, 0) is 7.05 Å². The number of imidazole rings is 1. The Morgan fingerprint density at radius 3 is 2.92 bits per heavy atom. The summed E-state index contributed by atoms with van der Waals surface area (Å²) < 4.78 is 3.04. The van der Waals surface area contributed by atoms with Gasteiger partial charge in [-0.25, -0.2) is 9.97 Å². The minimum Gasteiger partial charge on any atom is -0.329 e. The fourth-order valence-electron chi connectivity index (χ4n) is 3.34. The number of thioether (sulfide) groups is 1. The lowest BCUT2D eigenvalue weighted by atomic mass is 10.2. The monoisotopic (exact) mass is 358 g/mol. The molecule has 1 aliphatic rings. The zero-order chi connectivity index (χ0) is 16.7. The molecule has 0 N–H and O–H groups in total. The van der Waals surface area contributed by atoms with E-state index in [9.17, 15) is 4.79 Å². The predicted octanol–water partition coefficient (Wildman–Crippen LogP) is 3.73. The number of carbonyl (C=O) groups excluding carboxylic acids is 1. The second kappa shape index (κ2) is 6.22. The van der Waals surface area contributed by atoms with E-state index in [0.717, 1.165) is 40.6 Å². The lowest BCUT2D eigenvalue weighted by Gasteiger charge is -2.23. The van der Waals surface area contributed by atoms with Gasteiger partial charge in [-0.2, -0.15) is 0 Å². The first-order chi connectivity index (χ1) is 11.7. The number of aromatic nitrogens is 3. The van der Waals surface area contributed by atoms with Crippen molar-refractivity contribution in [3.63, 3.8) is 0 Å². The molecular weight excluding hydrogens is 340 g/mol. The number of aryl methyl sites for hydroxylation is 1. The molecule has 7 heteroatoms. The summed E-state index contributed by atoms with van der Waals surface area (Å²) in [5.41, 5.74) is 2.63. The van der Waals surface area contributed by atoms with Crippen molar-refractivity contribution in [2.24, 2.45) is 7.05 Å². The molecular formula is C17H18N4OS2. The maximum Gasteiger partial charge on any atom is 0.273 e. The molecule has 2 aromatic heterocycles. The Balaban J connectivity index is 1.69. The van der Waals surface area contributed by atoms with Crippen LogP contribution in [0.3, 0.4) is 0 Å². The van der Waals surface area contributed by atoms with Gasteiger partial charge in [-0.1, -0.05) is 23.9 Å². The highest BCUT2D eigenvalue weighted by molar-refractivity contribution is 8.00. The molecule has 5 nitrogen and oxygen atoms in total. The summed E-state index contributed by atoms with van der Waals surface area (Å²) in [6.45, 7) is 0.763. The summed E-state index contributed by atoms with van der Waals surface area (Å²) in [6, 6.07) is 8.12. The molecule has 1 aliphatic heterocycles. The number of rotatable bonds is 3. The highest BCUT2D eigenvalue weighted by Crippen LogP contribution is 2.34. The third-order valence-corrected chi connectivity index (χ3v) is 6.37. The minimum atomic E-state index is 0.0149. The number of nitrogens with zero attached hydrogens (tertiary/aromatic N) is 4. The van der Waals surface area contributed by atoms with Gasteiger partial charge in [0.1, 0.15) is 15.9 Å². The van der Waals surface area contributed by atoms with Crippen LogP contribution >= 0.6 is 23.1 Å². The Kier molecular flexibility index (Phi) is 4.05. The van der Waals surface area contributed by atoms with Crippen LogP contribution in [0.5, 0.6) is 0 Å². The number of amides is 1. The molecule has 1 fully saturated rings. The maximum atomic E-state index is 12.9. The second-order valence-corrected chi connectivity index (χ2v) is 7.79. The van der Waals surface area contributed by atoms with Crippen LogP contribution in [0.1, 0.15) is 35.2 Å². The SMILES string of the molecule is CSc1nc(C(=O)N2CCCC2c2nc3ccccc3n2C)cs1. The van der Waals surface area contributed by atoms with Gasteiger partial charge in [-0.15, -0.1) is 11.3 Å². The summed E-state index contributed by atoms with van der Waals surface area (Å²) in [4.78, 5) is 24.1. The lowest BCUT2D eigenvalue weighted by molar-refractivity contribution is 0.0723. The van der Waals surface area contributed by atoms with Gasteiger partial charge < -0.3 is 9.47 Å². The first-order valence-corrected chi connectivity index (χ1v) is 10.0. The van der Waals surface area contributed by atoms with Gasteiger partial charge >= 0.3 is 0 Å². The number of thiazole rings is 1. The minimum absolute atomic E-state index is 0.0149. The van der Waals surface area contributed by atoms with Crippen LogP contribution in [0, 0.1) is 0 Å². The number of hydrogen-bond acceptors (Lipinski definition) is 5. The summed E-state index contributed by atoms with van der Waals surface area (Å²) in [7, 11) is 2.03. The lowest BCUT2D eigenvalue weighted by Crippen LogP contribution is -2.32. The van der Waals surface area contributed by atoms with Crippen molar-refractivity contribution in [1.29, 1.82) is 0 Å². The van der Waals surface area contributed by atoms with Gasteiger partial charge in [0.2, 0.25) is 0 Å². The van der Waals surface area contributed by atoms with Crippen molar-refractivity contribution in [2.75, 3.05) is 12.8 Å². The average Bonchev–Trinajstić information content (AvgIpc) is 3.33. The van der Waals surface area contributed by atoms with E-state index in [1.807, 2.05) is 41.8 Å².